The first kappa shape index (κ1) is 21.1. The highest BCUT2D eigenvalue weighted by atomic mass is 79.9. The summed E-state index contributed by atoms with van der Waals surface area (Å²) in [6, 6.07) is 5.20. The van der Waals surface area contributed by atoms with E-state index in [0.717, 1.165) is 48.3 Å². The molecule has 26 heavy (non-hydrogen) atoms. The van der Waals surface area contributed by atoms with Crippen molar-refractivity contribution in [1.82, 2.24) is 10.6 Å². The lowest BCUT2D eigenvalue weighted by atomic mass is 9.94. The maximum absolute atomic E-state index is 13.9. The van der Waals surface area contributed by atoms with Gasteiger partial charge in [0, 0.05) is 50.7 Å². The van der Waals surface area contributed by atoms with Gasteiger partial charge in [-0.15, -0.1) is 0 Å². The molecule has 0 amide bonds. The fourth-order valence-corrected chi connectivity index (χ4v) is 3.28. The van der Waals surface area contributed by atoms with E-state index < -0.39 is 0 Å². The van der Waals surface area contributed by atoms with Crippen molar-refractivity contribution >= 4 is 21.9 Å². The van der Waals surface area contributed by atoms with E-state index in [0.29, 0.717) is 26.2 Å². The van der Waals surface area contributed by atoms with Gasteiger partial charge in [0.1, 0.15) is 5.82 Å². The van der Waals surface area contributed by atoms with Crippen LogP contribution in [0.25, 0.3) is 0 Å². The van der Waals surface area contributed by atoms with Crippen LogP contribution in [0.1, 0.15) is 31.7 Å². The van der Waals surface area contributed by atoms with Gasteiger partial charge in [0.2, 0.25) is 0 Å². The molecule has 0 saturated carbocycles. The zero-order chi connectivity index (χ0) is 18.8. The third-order valence-electron chi connectivity index (χ3n) is 4.64. The van der Waals surface area contributed by atoms with Gasteiger partial charge in [-0.1, -0.05) is 22.0 Å². The van der Waals surface area contributed by atoms with Gasteiger partial charge >= 0.3 is 0 Å². The Bertz CT molecular complexity index is 592. The van der Waals surface area contributed by atoms with Gasteiger partial charge in [0.25, 0.3) is 0 Å². The summed E-state index contributed by atoms with van der Waals surface area (Å²) in [5, 5.41) is 6.58. The number of halogens is 2. The minimum Gasteiger partial charge on any atom is -0.381 e. The zero-order valence-corrected chi connectivity index (χ0v) is 17.2. The predicted molar refractivity (Wildman–Crippen MR) is 106 cm³/mol. The third-order valence-corrected chi connectivity index (χ3v) is 5.13. The molecule has 1 fully saturated rings. The Morgan fingerprint density at radius 2 is 2.12 bits per heavy atom. The molecular formula is C19H29BrFN3O2. The standard InChI is InChI=1S/C19H29BrFN3O2/c1-3-22-18(24-14-19(25-2)8-11-26-12-9-19)23-10-4-5-15-6-7-16(20)13-17(15)21/h6-7,13H,3-5,8-12,14H2,1-2H3,(H2,22,23,24). The van der Waals surface area contributed by atoms with E-state index >= 15 is 0 Å². The molecule has 2 N–H and O–H groups in total. The van der Waals surface area contributed by atoms with Crippen LogP contribution in [0.5, 0.6) is 0 Å². The lowest BCUT2D eigenvalue weighted by Crippen LogP contribution is -2.44. The fourth-order valence-electron chi connectivity index (χ4n) is 2.95. The van der Waals surface area contributed by atoms with Crippen molar-refractivity contribution in [3.63, 3.8) is 0 Å². The minimum absolute atomic E-state index is 0.165. The molecule has 0 atom stereocenters. The van der Waals surface area contributed by atoms with Crippen LogP contribution in [0.4, 0.5) is 4.39 Å². The molecule has 146 valence electrons. The van der Waals surface area contributed by atoms with Crippen LogP contribution in [-0.2, 0) is 15.9 Å². The normalized spacial score (nSPS) is 17.2. The van der Waals surface area contributed by atoms with Gasteiger partial charge in [-0.3, -0.25) is 4.99 Å². The van der Waals surface area contributed by atoms with Gasteiger partial charge < -0.3 is 20.1 Å². The molecule has 2 rings (SSSR count). The number of methoxy groups -OCH3 is 1. The predicted octanol–water partition coefficient (Wildman–Crippen LogP) is 3.27. The number of benzene rings is 1. The first-order valence-corrected chi connectivity index (χ1v) is 9.97. The smallest absolute Gasteiger partial charge is 0.191 e. The van der Waals surface area contributed by atoms with Crippen molar-refractivity contribution in [3.05, 3.63) is 34.1 Å². The summed E-state index contributed by atoms with van der Waals surface area (Å²) < 4.78 is 25.8. The molecule has 0 aliphatic carbocycles. The SMILES string of the molecule is CCNC(=NCC1(OC)CCOCC1)NCCCc1ccc(Br)cc1F. The Labute approximate surface area is 163 Å². The van der Waals surface area contributed by atoms with E-state index in [-0.39, 0.29) is 11.4 Å². The topological polar surface area (TPSA) is 54.9 Å². The van der Waals surface area contributed by atoms with Crippen molar-refractivity contribution in [1.29, 1.82) is 0 Å². The molecule has 0 spiro atoms. The van der Waals surface area contributed by atoms with Crippen LogP contribution in [0.3, 0.4) is 0 Å². The van der Waals surface area contributed by atoms with Crippen molar-refractivity contribution in [2.75, 3.05) is 40.0 Å². The second-order valence-corrected chi connectivity index (χ2v) is 7.38. The van der Waals surface area contributed by atoms with Crippen molar-refractivity contribution in [3.8, 4) is 0 Å². The number of nitrogens with one attached hydrogen (secondary N) is 2. The molecule has 5 nitrogen and oxygen atoms in total. The number of hydrogen-bond acceptors (Lipinski definition) is 3. The molecule has 0 unspecified atom stereocenters. The first-order chi connectivity index (χ1) is 12.6. The summed E-state index contributed by atoms with van der Waals surface area (Å²) in [4.78, 5) is 4.69. The maximum atomic E-state index is 13.9. The fraction of sp³-hybridized carbons (Fsp3) is 0.632. The lowest BCUT2D eigenvalue weighted by Gasteiger charge is -2.34. The van der Waals surface area contributed by atoms with Crippen LogP contribution < -0.4 is 10.6 Å². The summed E-state index contributed by atoms with van der Waals surface area (Å²) in [6.07, 6.45) is 3.22. The van der Waals surface area contributed by atoms with Crippen LogP contribution >= 0.6 is 15.9 Å². The molecule has 1 aliphatic heterocycles. The molecule has 0 aromatic heterocycles. The Morgan fingerprint density at radius 3 is 2.77 bits per heavy atom. The highest BCUT2D eigenvalue weighted by Crippen LogP contribution is 2.24. The Balaban J connectivity index is 1.83. The number of nitrogens with zero attached hydrogens (tertiary/aromatic N) is 1. The van der Waals surface area contributed by atoms with Crippen LogP contribution in [0.2, 0.25) is 0 Å². The molecule has 1 aromatic carbocycles. The second kappa shape index (κ2) is 10.8. The summed E-state index contributed by atoms with van der Waals surface area (Å²) >= 11 is 3.28. The number of ether oxygens (including phenoxy) is 2. The molecule has 0 bridgehead atoms. The van der Waals surface area contributed by atoms with E-state index in [1.165, 1.54) is 6.07 Å². The average Bonchev–Trinajstić information content (AvgIpc) is 2.65. The first-order valence-electron chi connectivity index (χ1n) is 9.17. The maximum Gasteiger partial charge on any atom is 0.191 e. The number of aryl methyl sites for hydroxylation is 1. The van der Waals surface area contributed by atoms with E-state index in [1.807, 2.05) is 19.1 Å². The molecule has 1 aromatic rings. The summed E-state index contributed by atoms with van der Waals surface area (Å²) in [6.45, 7) is 5.58. The lowest BCUT2D eigenvalue weighted by molar-refractivity contribution is -0.0828. The second-order valence-electron chi connectivity index (χ2n) is 6.46. The summed E-state index contributed by atoms with van der Waals surface area (Å²) in [5.74, 6) is 0.605. The summed E-state index contributed by atoms with van der Waals surface area (Å²) in [7, 11) is 1.74. The minimum atomic E-state index is -0.235. The highest BCUT2D eigenvalue weighted by Gasteiger charge is 2.32. The van der Waals surface area contributed by atoms with Crippen molar-refractivity contribution in [2.24, 2.45) is 4.99 Å². The van der Waals surface area contributed by atoms with Crippen LogP contribution in [-0.4, -0.2) is 51.5 Å². The van der Waals surface area contributed by atoms with Gasteiger partial charge in [-0.05, 0) is 37.5 Å². The zero-order valence-electron chi connectivity index (χ0n) is 15.6. The monoisotopic (exact) mass is 429 g/mol. The van der Waals surface area contributed by atoms with Crippen LogP contribution in [0, 0.1) is 5.82 Å². The third kappa shape index (κ3) is 6.52. The molecule has 1 aliphatic rings. The molecule has 1 heterocycles. The summed E-state index contributed by atoms with van der Waals surface area (Å²) in [5.41, 5.74) is 0.499. The Kier molecular flexibility index (Phi) is 8.81. The molecular weight excluding hydrogens is 401 g/mol. The van der Waals surface area contributed by atoms with Gasteiger partial charge in [0.15, 0.2) is 5.96 Å². The quantitative estimate of drug-likeness (QED) is 0.378. The highest BCUT2D eigenvalue weighted by molar-refractivity contribution is 9.10. The van der Waals surface area contributed by atoms with Crippen molar-refractivity contribution in [2.45, 2.75) is 38.2 Å². The number of hydrogen-bond donors (Lipinski definition) is 2. The van der Waals surface area contributed by atoms with Gasteiger partial charge in [0.05, 0.1) is 12.1 Å². The Hall–Kier alpha value is -1.18. The molecule has 7 heteroatoms. The average molecular weight is 430 g/mol. The molecule has 0 radical (unpaired) electrons. The van der Waals surface area contributed by atoms with E-state index in [2.05, 4.69) is 31.6 Å². The van der Waals surface area contributed by atoms with E-state index in [1.54, 1.807) is 7.11 Å². The van der Waals surface area contributed by atoms with Gasteiger partial charge in [-0.25, -0.2) is 4.39 Å². The van der Waals surface area contributed by atoms with E-state index in [4.69, 9.17) is 9.47 Å². The van der Waals surface area contributed by atoms with Gasteiger partial charge in [-0.2, -0.15) is 0 Å². The number of aliphatic imine (C=N–C) groups is 1. The van der Waals surface area contributed by atoms with Crippen LogP contribution in [0.15, 0.2) is 27.7 Å². The van der Waals surface area contributed by atoms with E-state index in [9.17, 15) is 4.39 Å². The Morgan fingerprint density at radius 1 is 1.35 bits per heavy atom. The largest absolute Gasteiger partial charge is 0.381 e. The molecule has 1 saturated heterocycles. The number of rotatable bonds is 8. The number of guanidine groups is 1. The van der Waals surface area contributed by atoms with Crippen molar-refractivity contribution < 1.29 is 13.9 Å².